The van der Waals surface area contributed by atoms with Gasteiger partial charge in [-0.1, -0.05) is 15.9 Å². The third kappa shape index (κ3) is 2.92. The monoisotopic (exact) mass is 275 g/mol. The van der Waals surface area contributed by atoms with Crippen LogP contribution in [0.5, 0.6) is 0 Å². The molecule has 0 aromatic heterocycles. The second-order valence-corrected chi connectivity index (χ2v) is 4.13. The van der Waals surface area contributed by atoms with Crippen LogP contribution in [-0.2, 0) is 0 Å². The molecule has 0 saturated heterocycles. The van der Waals surface area contributed by atoms with Crippen molar-refractivity contribution in [3.05, 3.63) is 33.5 Å². The van der Waals surface area contributed by atoms with Crippen LogP contribution in [0.1, 0.15) is 24.1 Å². The molecule has 0 heterocycles. The van der Waals surface area contributed by atoms with Crippen LogP contribution in [-0.4, -0.2) is 11.2 Å². The van der Waals surface area contributed by atoms with Gasteiger partial charge in [-0.3, -0.25) is 0 Å². The van der Waals surface area contributed by atoms with Gasteiger partial charge in [-0.15, -0.1) is 0 Å². The molecule has 5 heteroatoms. The number of rotatable bonds is 2. The zero-order valence-electron chi connectivity index (χ0n) is 8.34. The molecule has 0 radical (unpaired) electrons. The molecular formula is C10H11BrFNO2. The zero-order chi connectivity index (χ0) is 11.6. The van der Waals surface area contributed by atoms with Crippen molar-refractivity contribution in [3.63, 3.8) is 0 Å². The van der Waals surface area contributed by atoms with E-state index in [1.54, 1.807) is 13.8 Å². The summed E-state index contributed by atoms with van der Waals surface area (Å²) in [5.74, 6) is -0.387. The predicted octanol–water partition coefficient (Wildman–Crippen LogP) is 3.23. The fourth-order valence-corrected chi connectivity index (χ4v) is 1.83. The number of hydrogen-bond donors (Lipinski definition) is 2. The lowest BCUT2D eigenvalue weighted by atomic mass is 10.0. The van der Waals surface area contributed by atoms with Crippen LogP contribution in [0, 0.1) is 12.7 Å². The number of carboxylic acid groups (broad SMARTS) is 1. The summed E-state index contributed by atoms with van der Waals surface area (Å²) in [5.41, 5.74) is 1.46. The topological polar surface area (TPSA) is 49.3 Å². The van der Waals surface area contributed by atoms with Gasteiger partial charge in [0.1, 0.15) is 5.82 Å². The van der Waals surface area contributed by atoms with Crippen LogP contribution in [0.25, 0.3) is 0 Å². The Balaban J connectivity index is 3.07. The van der Waals surface area contributed by atoms with Crippen molar-refractivity contribution < 1.29 is 14.3 Å². The molecule has 1 aromatic rings. The molecular weight excluding hydrogens is 265 g/mol. The largest absolute Gasteiger partial charge is 0.465 e. The van der Waals surface area contributed by atoms with E-state index in [0.717, 1.165) is 5.56 Å². The molecule has 3 nitrogen and oxygen atoms in total. The first-order valence-electron chi connectivity index (χ1n) is 4.37. The molecule has 0 unspecified atom stereocenters. The number of hydrogen-bond acceptors (Lipinski definition) is 1. The first kappa shape index (κ1) is 12.0. The Kier molecular flexibility index (Phi) is 3.68. The molecule has 1 amide bonds. The second-order valence-electron chi connectivity index (χ2n) is 3.27. The summed E-state index contributed by atoms with van der Waals surface area (Å²) in [7, 11) is 0. The molecule has 1 atom stereocenters. The Morgan fingerprint density at radius 1 is 1.60 bits per heavy atom. The Morgan fingerprint density at radius 3 is 2.73 bits per heavy atom. The number of benzene rings is 1. The molecule has 0 saturated carbocycles. The number of carbonyl (C=O) groups is 1. The Labute approximate surface area is 95.4 Å². The lowest BCUT2D eigenvalue weighted by molar-refractivity contribution is 0.191. The maximum Gasteiger partial charge on any atom is 0.405 e. The summed E-state index contributed by atoms with van der Waals surface area (Å²) in [4.78, 5) is 10.4. The molecule has 0 aliphatic rings. The van der Waals surface area contributed by atoms with Crippen LogP contribution in [0.15, 0.2) is 16.6 Å². The van der Waals surface area contributed by atoms with Crippen molar-refractivity contribution in [2.75, 3.05) is 0 Å². The molecule has 1 rings (SSSR count). The number of amides is 1. The highest BCUT2D eigenvalue weighted by Gasteiger charge is 2.13. The Morgan fingerprint density at radius 2 is 2.20 bits per heavy atom. The minimum absolute atomic E-state index is 0.387. The van der Waals surface area contributed by atoms with Crippen molar-refractivity contribution in [2.24, 2.45) is 0 Å². The van der Waals surface area contributed by atoms with Crippen molar-refractivity contribution in [1.82, 2.24) is 5.32 Å². The lowest BCUT2D eigenvalue weighted by Crippen LogP contribution is -2.25. The third-order valence-electron chi connectivity index (χ3n) is 2.16. The van der Waals surface area contributed by atoms with Gasteiger partial charge in [-0.05, 0) is 37.1 Å². The van der Waals surface area contributed by atoms with Gasteiger partial charge in [-0.25, -0.2) is 9.18 Å². The van der Waals surface area contributed by atoms with Gasteiger partial charge in [0.15, 0.2) is 0 Å². The van der Waals surface area contributed by atoms with E-state index in [1.165, 1.54) is 12.1 Å². The highest BCUT2D eigenvalue weighted by Crippen LogP contribution is 2.26. The fourth-order valence-electron chi connectivity index (χ4n) is 1.38. The molecule has 0 fully saturated rings. The van der Waals surface area contributed by atoms with E-state index in [1.807, 2.05) is 0 Å². The van der Waals surface area contributed by atoms with E-state index >= 15 is 0 Å². The van der Waals surface area contributed by atoms with E-state index in [4.69, 9.17) is 5.11 Å². The van der Waals surface area contributed by atoms with E-state index in [0.29, 0.717) is 10.0 Å². The van der Waals surface area contributed by atoms with Gasteiger partial charge < -0.3 is 10.4 Å². The van der Waals surface area contributed by atoms with Crippen molar-refractivity contribution in [1.29, 1.82) is 0 Å². The average molecular weight is 276 g/mol. The fraction of sp³-hybridized carbons (Fsp3) is 0.300. The first-order chi connectivity index (χ1) is 6.91. The molecule has 0 bridgehead atoms. The SMILES string of the molecule is Cc1c(Br)cc(F)cc1[C@@H](C)NC(=O)O. The van der Waals surface area contributed by atoms with E-state index in [-0.39, 0.29) is 5.82 Å². The molecule has 1 aromatic carbocycles. The standard InChI is InChI=1S/C10H11BrFNO2/c1-5-8(6(2)13-10(14)15)3-7(12)4-9(5)11/h3-4,6,13H,1-2H3,(H,14,15)/t6-/m1/s1. The highest BCUT2D eigenvalue weighted by molar-refractivity contribution is 9.10. The van der Waals surface area contributed by atoms with Gasteiger partial charge in [0.2, 0.25) is 0 Å². The van der Waals surface area contributed by atoms with Crippen LogP contribution in [0.3, 0.4) is 0 Å². The van der Waals surface area contributed by atoms with Crippen LogP contribution >= 0.6 is 15.9 Å². The summed E-state index contributed by atoms with van der Waals surface area (Å²) in [6.45, 7) is 3.47. The predicted molar refractivity (Wildman–Crippen MR) is 58.4 cm³/mol. The minimum Gasteiger partial charge on any atom is -0.465 e. The maximum atomic E-state index is 13.1. The van der Waals surface area contributed by atoms with Gasteiger partial charge >= 0.3 is 6.09 Å². The molecule has 82 valence electrons. The smallest absolute Gasteiger partial charge is 0.405 e. The summed E-state index contributed by atoms with van der Waals surface area (Å²) in [6.07, 6.45) is -1.12. The van der Waals surface area contributed by atoms with Gasteiger partial charge in [0.25, 0.3) is 0 Å². The number of nitrogens with one attached hydrogen (secondary N) is 1. The van der Waals surface area contributed by atoms with Crippen LogP contribution < -0.4 is 5.32 Å². The van der Waals surface area contributed by atoms with Gasteiger partial charge in [0.05, 0.1) is 6.04 Å². The molecule has 2 N–H and O–H groups in total. The average Bonchev–Trinajstić information content (AvgIpc) is 2.09. The summed E-state index contributed by atoms with van der Waals surface area (Å²) in [5, 5.41) is 10.8. The van der Waals surface area contributed by atoms with Crippen molar-refractivity contribution in [2.45, 2.75) is 19.9 Å². The van der Waals surface area contributed by atoms with E-state index < -0.39 is 12.1 Å². The summed E-state index contributed by atoms with van der Waals surface area (Å²) >= 11 is 3.22. The summed E-state index contributed by atoms with van der Waals surface area (Å²) in [6, 6.07) is 2.25. The van der Waals surface area contributed by atoms with Gasteiger partial charge in [-0.2, -0.15) is 0 Å². The molecule has 0 aliphatic carbocycles. The van der Waals surface area contributed by atoms with Crippen molar-refractivity contribution >= 4 is 22.0 Å². The van der Waals surface area contributed by atoms with E-state index in [2.05, 4.69) is 21.2 Å². The van der Waals surface area contributed by atoms with E-state index in [9.17, 15) is 9.18 Å². The summed E-state index contributed by atoms with van der Waals surface area (Å²) < 4.78 is 13.7. The third-order valence-corrected chi connectivity index (χ3v) is 2.98. The lowest BCUT2D eigenvalue weighted by Gasteiger charge is -2.15. The first-order valence-corrected chi connectivity index (χ1v) is 5.16. The Hall–Kier alpha value is -1.10. The zero-order valence-corrected chi connectivity index (χ0v) is 9.93. The quantitative estimate of drug-likeness (QED) is 0.871. The normalized spacial score (nSPS) is 12.3. The molecule has 0 spiro atoms. The van der Waals surface area contributed by atoms with Gasteiger partial charge in [0, 0.05) is 4.47 Å². The molecule has 0 aliphatic heterocycles. The highest BCUT2D eigenvalue weighted by atomic mass is 79.9. The van der Waals surface area contributed by atoms with Crippen LogP contribution in [0.2, 0.25) is 0 Å². The van der Waals surface area contributed by atoms with Crippen molar-refractivity contribution in [3.8, 4) is 0 Å². The second kappa shape index (κ2) is 4.61. The maximum absolute atomic E-state index is 13.1. The number of halogens is 2. The Bertz CT molecular complexity index is 395. The molecule has 15 heavy (non-hydrogen) atoms. The van der Waals surface area contributed by atoms with Crippen LogP contribution in [0.4, 0.5) is 9.18 Å². The minimum atomic E-state index is -1.12.